The van der Waals surface area contributed by atoms with Crippen LogP contribution in [0.2, 0.25) is 0 Å². The highest BCUT2D eigenvalue weighted by Crippen LogP contribution is 2.28. The Hall–Kier alpha value is -0.710. The van der Waals surface area contributed by atoms with Crippen molar-refractivity contribution in [1.29, 1.82) is 0 Å². The Balaban J connectivity index is 0.000000921. The molecule has 0 fully saturated rings. The summed E-state index contributed by atoms with van der Waals surface area (Å²) in [5, 5.41) is 0. The number of benzene rings is 1. The van der Waals surface area contributed by atoms with Crippen molar-refractivity contribution in [3.8, 4) is 5.75 Å². The summed E-state index contributed by atoms with van der Waals surface area (Å²) in [7, 11) is 0. The number of ether oxygens (including phenoxy) is 1. The molecule has 0 unspecified atom stereocenters. The predicted molar refractivity (Wildman–Crippen MR) is 56.9 cm³/mol. The topological polar surface area (TPSA) is 9.23 Å². The summed E-state index contributed by atoms with van der Waals surface area (Å²) in [5.41, 5.74) is 0.445. The summed E-state index contributed by atoms with van der Waals surface area (Å²) in [6.45, 7) is 5.55. The first kappa shape index (κ1) is 14.3. The fourth-order valence-corrected chi connectivity index (χ4v) is 1.15. The second-order valence-electron chi connectivity index (χ2n) is 2.46. The molecule has 0 aromatic heterocycles. The molecule has 0 amide bonds. The van der Waals surface area contributed by atoms with Gasteiger partial charge in [-0.05, 0) is 24.6 Å². The molecule has 15 heavy (non-hydrogen) atoms. The van der Waals surface area contributed by atoms with E-state index in [0.29, 0.717) is 10.0 Å². The van der Waals surface area contributed by atoms with Crippen molar-refractivity contribution in [2.24, 2.45) is 0 Å². The molecule has 86 valence electrons. The average Bonchev–Trinajstić information content (AvgIpc) is 2.12. The first-order valence-electron chi connectivity index (χ1n) is 4.40. The lowest BCUT2D eigenvalue weighted by Crippen LogP contribution is -2.17. The molecular formula is C10H12BrF3O. The van der Waals surface area contributed by atoms with E-state index in [1.54, 1.807) is 19.1 Å². The Kier molecular flexibility index (Phi) is 5.72. The Morgan fingerprint density at radius 2 is 1.73 bits per heavy atom. The Morgan fingerprint density at radius 3 is 2.20 bits per heavy atom. The molecule has 0 aliphatic carbocycles. The molecule has 0 aliphatic rings. The second-order valence-corrected chi connectivity index (χ2v) is 3.37. The molecule has 0 heterocycles. The van der Waals surface area contributed by atoms with Gasteiger partial charge in [0, 0.05) is 4.47 Å². The van der Waals surface area contributed by atoms with E-state index in [2.05, 4.69) is 20.7 Å². The summed E-state index contributed by atoms with van der Waals surface area (Å²) in [5.74, 6) is -0.179. The summed E-state index contributed by atoms with van der Waals surface area (Å²) in [6, 6.07) is 4.48. The van der Waals surface area contributed by atoms with E-state index in [1.807, 2.05) is 13.8 Å². The summed E-state index contributed by atoms with van der Waals surface area (Å²) in [6.07, 6.45) is -4.63. The SMILES string of the molecule is CC.Cc1ccc(Br)cc1OC(F)(F)F. The number of rotatable bonds is 1. The molecule has 0 spiro atoms. The van der Waals surface area contributed by atoms with E-state index < -0.39 is 6.36 Å². The molecule has 1 aromatic carbocycles. The summed E-state index contributed by atoms with van der Waals surface area (Å²) in [4.78, 5) is 0. The van der Waals surface area contributed by atoms with Gasteiger partial charge in [-0.15, -0.1) is 13.2 Å². The zero-order valence-corrected chi connectivity index (χ0v) is 10.2. The van der Waals surface area contributed by atoms with Crippen LogP contribution in [-0.2, 0) is 0 Å². The molecule has 1 rings (SSSR count). The maximum atomic E-state index is 11.8. The molecule has 5 heteroatoms. The van der Waals surface area contributed by atoms with Crippen LogP contribution in [0.1, 0.15) is 19.4 Å². The molecule has 0 saturated carbocycles. The van der Waals surface area contributed by atoms with Gasteiger partial charge in [-0.25, -0.2) is 0 Å². The highest BCUT2D eigenvalue weighted by Gasteiger charge is 2.31. The normalized spacial score (nSPS) is 10.3. The van der Waals surface area contributed by atoms with Gasteiger partial charge in [-0.3, -0.25) is 0 Å². The van der Waals surface area contributed by atoms with E-state index >= 15 is 0 Å². The number of aryl methyl sites for hydroxylation is 1. The first-order valence-corrected chi connectivity index (χ1v) is 5.20. The van der Waals surface area contributed by atoms with Gasteiger partial charge < -0.3 is 4.74 Å². The van der Waals surface area contributed by atoms with Crippen molar-refractivity contribution in [3.63, 3.8) is 0 Å². The minimum Gasteiger partial charge on any atom is -0.405 e. The first-order chi connectivity index (χ1) is 6.88. The Bertz CT molecular complexity index is 310. The third-order valence-electron chi connectivity index (χ3n) is 1.38. The van der Waals surface area contributed by atoms with Crippen LogP contribution < -0.4 is 4.74 Å². The van der Waals surface area contributed by atoms with Crippen LogP contribution in [0.4, 0.5) is 13.2 Å². The zero-order chi connectivity index (χ0) is 12.1. The standard InChI is InChI=1S/C8H6BrF3O.C2H6/c1-5-2-3-6(9)4-7(5)13-8(10,11)12;1-2/h2-4H,1H3;1-2H3. The van der Waals surface area contributed by atoms with Crippen molar-refractivity contribution in [2.75, 3.05) is 0 Å². The predicted octanol–water partition coefficient (Wildman–Crippen LogP) is 4.68. The maximum absolute atomic E-state index is 11.8. The minimum absolute atomic E-state index is 0.179. The van der Waals surface area contributed by atoms with E-state index in [-0.39, 0.29) is 5.75 Å². The van der Waals surface area contributed by atoms with Crippen molar-refractivity contribution in [1.82, 2.24) is 0 Å². The third-order valence-corrected chi connectivity index (χ3v) is 1.87. The molecule has 0 atom stereocenters. The molecule has 1 aromatic rings. The highest BCUT2D eigenvalue weighted by molar-refractivity contribution is 9.10. The molecule has 0 saturated heterocycles. The molecule has 0 bridgehead atoms. The number of hydrogen-bond acceptors (Lipinski definition) is 1. The van der Waals surface area contributed by atoms with Crippen LogP contribution in [0, 0.1) is 6.92 Å². The van der Waals surface area contributed by atoms with E-state index in [4.69, 9.17) is 0 Å². The van der Waals surface area contributed by atoms with Crippen LogP contribution >= 0.6 is 15.9 Å². The summed E-state index contributed by atoms with van der Waals surface area (Å²) >= 11 is 3.06. The number of hydrogen-bond donors (Lipinski definition) is 0. The molecule has 0 aliphatic heterocycles. The Morgan fingerprint density at radius 1 is 1.20 bits per heavy atom. The van der Waals surface area contributed by atoms with Gasteiger partial charge in [0.2, 0.25) is 0 Å². The van der Waals surface area contributed by atoms with Crippen molar-refractivity contribution >= 4 is 15.9 Å². The monoisotopic (exact) mass is 284 g/mol. The van der Waals surface area contributed by atoms with E-state index in [0.717, 1.165) is 0 Å². The largest absolute Gasteiger partial charge is 0.573 e. The van der Waals surface area contributed by atoms with E-state index in [9.17, 15) is 13.2 Å². The molecule has 0 N–H and O–H groups in total. The average molecular weight is 285 g/mol. The smallest absolute Gasteiger partial charge is 0.405 e. The van der Waals surface area contributed by atoms with Crippen molar-refractivity contribution in [3.05, 3.63) is 28.2 Å². The number of alkyl halides is 3. The van der Waals surface area contributed by atoms with Gasteiger partial charge in [-0.2, -0.15) is 0 Å². The van der Waals surface area contributed by atoms with Crippen LogP contribution in [0.3, 0.4) is 0 Å². The van der Waals surface area contributed by atoms with Gasteiger partial charge in [0.1, 0.15) is 5.75 Å². The lowest BCUT2D eigenvalue weighted by atomic mass is 10.2. The van der Waals surface area contributed by atoms with Crippen LogP contribution in [0.15, 0.2) is 22.7 Å². The molecular weight excluding hydrogens is 273 g/mol. The van der Waals surface area contributed by atoms with Crippen LogP contribution in [0.5, 0.6) is 5.75 Å². The molecule has 1 nitrogen and oxygen atoms in total. The van der Waals surface area contributed by atoms with Gasteiger partial charge in [0.25, 0.3) is 0 Å². The molecule has 0 radical (unpaired) electrons. The van der Waals surface area contributed by atoms with Crippen molar-refractivity contribution in [2.45, 2.75) is 27.1 Å². The van der Waals surface area contributed by atoms with Gasteiger partial charge in [-0.1, -0.05) is 35.8 Å². The van der Waals surface area contributed by atoms with Crippen molar-refractivity contribution < 1.29 is 17.9 Å². The lowest BCUT2D eigenvalue weighted by Gasteiger charge is -2.11. The van der Waals surface area contributed by atoms with Gasteiger partial charge in [0.15, 0.2) is 0 Å². The number of halogens is 4. The lowest BCUT2D eigenvalue weighted by molar-refractivity contribution is -0.274. The third kappa shape index (κ3) is 5.67. The fourth-order valence-electron chi connectivity index (χ4n) is 0.809. The van der Waals surface area contributed by atoms with Gasteiger partial charge >= 0.3 is 6.36 Å². The second kappa shape index (κ2) is 6.00. The zero-order valence-electron chi connectivity index (χ0n) is 8.65. The maximum Gasteiger partial charge on any atom is 0.573 e. The van der Waals surface area contributed by atoms with Crippen LogP contribution in [-0.4, -0.2) is 6.36 Å². The highest BCUT2D eigenvalue weighted by atomic mass is 79.9. The van der Waals surface area contributed by atoms with E-state index in [1.165, 1.54) is 6.07 Å². The fraction of sp³-hybridized carbons (Fsp3) is 0.400. The van der Waals surface area contributed by atoms with Crippen LogP contribution in [0.25, 0.3) is 0 Å². The minimum atomic E-state index is -4.63. The Labute approximate surface area is 95.4 Å². The summed E-state index contributed by atoms with van der Waals surface area (Å²) < 4.78 is 39.8. The van der Waals surface area contributed by atoms with Gasteiger partial charge in [0.05, 0.1) is 0 Å². The quantitative estimate of drug-likeness (QED) is 0.727.